The van der Waals surface area contributed by atoms with Gasteiger partial charge in [0.15, 0.2) is 0 Å². The lowest BCUT2D eigenvalue weighted by atomic mass is 9.87. The summed E-state index contributed by atoms with van der Waals surface area (Å²) in [5, 5.41) is 2.74. The lowest BCUT2D eigenvalue weighted by Crippen LogP contribution is -2.55. The number of carbonyl (C=O) groups is 1. The van der Waals surface area contributed by atoms with Gasteiger partial charge in [0.25, 0.3) is 0 Å². The van der Waals surface area contributed by atoms with Gasteiger partial charge in [-0.25, -0.2) is 13.6 Å². The van der Waals surface area contributed by atoms with Crippen LogP contribution in [-0.2, 0) is 19.4 Å². The summed E-state index contributed by atoms with van der Waals surface area (Å²) >= 11 is 0. The maximum Gasteiger partial charge on any atom is 0.317 e. The number of nitrogens with zero attached hydrogens (tertiary/aromatic N) is 2. The molecule has 4 nitrogen and oxygen atoms in total. The molecule has 1 saturated heterocycles. The van der Waals surface area contributed by atoms with Gasteiger partial charge >= 0.3 is 6.03 Å². The molecule has 2 aliphatic rings. The molecule has 1 N–H and O–H groups in total. The van der Waals surface area contributed by atoms with Gasteiger partial charge in [0.1, 0.15) is 11.6 Å². The minimum atomic E-state index is -0.636. The van der Waals surface area contributed by atoms with Gasteiger partial charge in [-0.1, -0.05) is 30.3 Å². The SMILES string of the molecule is O=C(NCc1ccc(F)cc1F)N1CCN(C2CCc3ccccc3C2)CC1. The maximum atomic E-state index is 13.7. The van der Waals surface area contributed by atoms with Crippen molar-refractivity contribution in [2.75, 3.05) is 26.2 Å². The summed E-state index contributed by atoms with van der Waals surface area (Å²) in [6, 6.07) is 12.4. The fourth-order valence-corrected chi connectivity index (χ4v) is 4.23. The molecule has 0 radical (unpaired) electrons. The lowest BCUT2D eigenvalue weighted by Gasteiger charge is -2.41. The Morgan fingerprint density at radius 1 is 1.04 bits per heavy atom. The van der Waals surface area contributed by atoms with Crippen molar-refractivity contribution in [2.24, 2.45) is 0 Å². The molecule has 0 bridgehead atoms. The van der Waals surface area contributed by atoms with Crippen molar-refractivity contribution in [3.8, 4) is 0 Å². The van der Waals surface area contributed by atoms with Crippen molar-refractivity contribution in [3.05, 3.63) is 70.8 Å². The Labute approximate surface area is 164 Å². The summed E-state index contributed by atoms with van der Waals surface area (Å²) in [5.41, 5.74) is 3.19. The number of amides is 2. The fourth-order valence-electron chi connectivity index (χ4n) is 4.23. The van der Waals surface area contributed by atoms with E-state index in [2.05, 4.69) is 34.5 Å². The zero-order valence-electron chi connectivity index (χ0n) is 15.8. The van der Waals surface area contributed by atoms with Gasteiger partial charge in [-0.15, -0.1) is 0 Å². The molecular formula is C22H25F2N3O. The predicted octanol–water partition coefficient (Wildman–Crippen LogP) is 3.35. The molecular weight excluding hydrogens is 360 g/mol. The molecule has 1 heterocycles. The molecule has 1 fully saturated rings. The van der Waals surface area contributed by atoms with Gasteiger partial charge in [0.2, 0.25) is 0 Å². The third-order valence-corrected chi connectivity index (χ3v) is 5.88. The first kappa shape index (κ1) is 18.9. The monoisotopic (exact) mass is 385 g/mol. The first-order valence-electron chi connectivity index (χ1n) is 9.87. The molecule has 1 atom stereocenters. The second-order valence-electron chi connectivity index (χ2n) is 7.58. The number of halogens is 2. The number of aryl methyl sites for hydroxylation is 1. The van der Waals surface area contributed by atoms with Gasteiger partial charge in [-0.05, 0) is 36.5 Å². The Kier molecular flexibility index (Phi) is 5.57. The molecule has 2 amide bonds. The third-order valence-electron chi connectivity index (χ3n) is 5.88. The Hall–Kier alpha value is -2.47. The predicted molar refractivity (Wildman–Crippen MR) is 104 cm³/mol. The van der Waals surface area contributed by atoms with E-state index < -0.39 is 11.6 Å². The van der Waals surface area contributed by atoms with Crippen LogP contribution >= 0.6 is 0 Å². The number of fused-ring (bicyclic) bond motifs is 1. The molecule has 0 spiro atoms. The number of rotatable bonds is 3. The number of piperazine rings is 1. The highest BCUT2D eigenvalue weighted by atomic mass is 19.1. The van der Waals surface area contributed by atoms with Crippen molar-refractivity contribution in [2.45, 2.75) is 31.8 Å². The standard InChI is InChI=1S/C22H25F2N3O/c23-19-7-5-18(21(24)14-19)15-25-22(28)27-11-9-26(10-12-27)20-8-6-16-3-1-2-4-17(16)13-20/h1-5,7,14,20H,6,8-13,15H2,(H,25,28). The minimum absolute atomic E-state index is 0.0601. The topological polar surface area (TPSA) is 35.6 Å². The van der Waals surface area contributed by atoms with Crippen LogP contribution in [0, 0.1) is 11.6 Å². The van der Waals surface area contributed by atoms with Crippen LogP contribution in [0.15, 0.2) is 42.5 Å². The summed E-state index contributed by atoms with van der Waals surface area (Å²) in [6.07, 6.45) is 3.35. The highest BCUT2D eigenvalue weighted by molar-refractivity contribution is 5.74. The van der Waals surface area contributed by atoms with E-state index in [9.17, 15) is 13.6 Å². The Balaban J connectivity index is 1.26. The average Bonchev–Trinajstić information content (AvgIpc) is 2.72. The molecule has 2 aromatic carbocycles. The van der Waals surface area contributed by atoms with Crippen LogP contribution in [0.5, 0.6) is 0 Å². The molecule has 2 aromatic rings. The van der Waals surface area contributed by atoms with E-state index in [1.807, 2.05) is 0 Å². The van der Waals surface area contributed by atoms with E-state index in [4.69, 9.17) is 0 Å². The van der Waals surface area contributed by atoms with E-state index in [0.29, 0.717) is 19.1 Å². The van der Waals surface area contributed by atoms with Crippen LogP contribution in [-0.4, -0.2) is 48.1 Å². The van der Waals surface area contributed by atoms with Crippen LogP contribution in [0.3, 0.4) is 0 Å². The number of benzene rings is 2. The first-order chi connectivity index (χ1) is 13.6. The van der Waals surface area contributed by atoms with Crippen LogP contribution in [0.25, 0.3) is 0 Å². The Morgan fingerprint density at radius 3 is 2.54 bits per heavy atom. The quantitative estimate of drug-likeness (QED) is 0.880. The van der Waals surface area contributed by atoms with Crippen LogP contribution in [0.4, 0.5) is 13.6 Å². The molecule has 1 aliphatic heterocycles. The lowest BCUT2D eigenvalue weighted by molar-refractivity contribution is 0.101. The fraction of sp³-hybridized carbons (Fsp3) is 0.409. The normalized spacial score (nSPS) is 19.9. The molecule has 1 aliphatic carbocycles. The Morgan fingerprint density at radius 2 is 1.79 bits per heavy atom. The van der Waals surface area contributed by atoms with Crippen molar-refractivity contribution < 1.29 is 13.6 Å². The molecule has 6 heteroatoms. The molecule has 28 heavy (non-hydrogen) atoms. The third kappa shape index (κ3) is 4.17. The average molecular weight is 385 g/mol. The largest absolute Gasteiger partial charge is 0.334 e. The zero-order valence-corrected chi connectivity index (χ0v) is 15.8. The maximum absolute atomic E-state index is 13.7. The Bertz CT molecular complexity index is 849. The van der Waals surface area contributed by atoms with Crippen molar-refractivity contribution in [1.82, 2.24) is 15.1 Å². The van der Waals surface area contributed by atoms with Gasteiger partial charge in [0, 0.05) is 50.4 Å². The van der Waals surface area contributed by atoms with Gasteiger partial charge in [-0.3, -0.25) is 4.90 Å². The number of carbonyl (C=O) groups excluding carboxylic acids is 1. The summed E-state index contributed by atoms with van der Waals surface area (Å²) in [5.74, 6) is -1.25. The van der Waals surface area contributed by atoms with E-state index in [1.165, 1.54) is 23.3 Å². The molecule has 148 valence electrons. The second-order valence-corrected chi connectivity index (χ2v) is 7.58. The summed E-state index contributed by atoms with van der Waals surface area (Å²) in [6.45, 7) is 3.09. The highest BCUT2D eigenvalue weighted by Crippen LogP contribution is 2.25. The van der Waals surface area contributed by atoms with Gasteiger partial charge < -0.3 is 10.2 Å². The minimum Gasteiger partial charge on any atom is -0.334 e. The smallest absolute Gasteiger partial charge is 0.317 e. The van der Waals surface area contributed by atoms with Crippen LogP contribution in [0.1, 0.15) is 23.1 Å². The van der Waals surface area contributed by atoms with Crippen LogP contribution < -0.4 is 5.32 Å². The summed E-state index contributed by atoms with van der Waals surface area (Å²) in [4.78, 5) is 16.7. The number of hydrogen-bond donors (Lipinski definition) is 1. The molecule has 0 aromatic heterocycles. The number of hydrogen-bond acceptors (Lipinski definition) is 2. The first-order valence-corrected chi connectivity index (χ1v) is 9.87. The molecule has 4 rings (SSSR count). The van der Waals surface area contributed by atoms with Crippen molar-refractivity contribution in [3.63, 3.8) is 0 Å². The van der Waals surface area contributed by atoms with E-state index in [1.54, 1.807) is 4.90 Å². The van der Waals surface area contributed by atoms with Crippen molar-refractivity contribution in [1.29, 1.82) is 0 Å². The second kappa shape index (κ2) is 8.27. The van der Waals surface area contributed by atoms with Crippen LogP contribution in [0.2, 0.25) is 0 Å². The summed E-state index contributed by atoms with van der Waals surface area (Å²) in [7, 11) is 0. The summed E-state index contributed by atoms with van der Waals surface area (Å²) < 4.78 is 26.7. The molecule has 1 unspecified atom stereocenters. The van der Waals surface area contributed by atoms with E-state index in [-0.39, 0.29) is 18.1 Å². The van der Waals surface area contributed by atoms with E-state index in [0.717, 1.165) is 38.4 Å². The number of nitrogens with one attached hydrogen (secondary N) is 1. The van der Waals surface area contributed by atoms with E-state index >= 15 is 0 Å². The van der Waals surface area contributed by atoms with Gasteiger partial charge in [0.05, 0.1) is 0 Å². The number of urea groups is 1. The van der Waals surface area contributed by atoms with Gasteiger partial charge in [-0.2, -0.15) is 0 Å². The molecule has 0 saturated carbocycles. The highest BCUT2D eigenvalue weighted by Gasteiger charge is 2.28. The van der Waals surface area contributed by atoms with Crippen molar-refractivity contribution >= 4 is 6.03 Å². The zero-order chi connectivity index (χ0) is 19.5.